The highest BCUT2D eigenvalue weighted by Crippen LogP contribution is 2.27. The number of anilines is 1. The molecule has 0 saturated carbocycles. The van der Waals surface area contributed by atoms with Gasteiger partial charge in [0, 0.05) is 5.39 Å². The van der Waals surface area contributed by atoms with Gasteiger partial charge in [-0.3, -0.25) is 0 Å². The summed E-state index contributed by atoms with van der Waals surface area (Å²) in [6.07, 6.45) is 0. The predicted molar refractivity (Wildman–Crippen MR) is 76.8 cm³/mol. The van der Waals surface area contributed by atoms with Gasteiger partial charge in [-0.2, -0.15) is 5.10 Å². The molecule has 0 aliphatic rings. The van der Waals surface area contributed by atoms with Crippen LogP contribution in [0, 0.1) is 6.92 Å². The van der Waals surface area contributed by atoms with E-state index in [0.29, 0.717) is 11.4 Å². The first-order chi connectivity index (χ1) is 9.20. The lowest BCUT2D eigenvalue weighted by Crippen LogP contribution is -1.99. The molecule has 0 bridgehead atoms. The minimum atomic E-state index is 0.609. The van der Waals surface area contributed by atoms with Crippen LogP contribution in [-0.4, -0.2) is 16.9 Å². The summed E-state index contributed by atoms with van der Waals surface area (Å²) in [4.78, 5) is 0. The Morgan fingerprint density at radius 1 is 1.16 bits per heavy atom. The Hall–Kier alpha value is -2.49. The molecule has 0 radical (unpaired) electrons. The lowest BCUT2D eigenvalue weighted by Gasteiger charge is -2.08. The topological polar surface area (TPSA) is 53.1 Å². The van der Waals surface area contributed by atoms with Crippen molar-refractivity contribution in [1.82, 2.24) is 9.78 Å². The van der Waals surface area contributed by atoms with E-state index in [1.807, 2.05) is 41.9 Å². The fourth-order valence-electron chi connectivity index (χ4n) is 2.27. The fraction of sp³-hybridized carbons (Fsp3) is 0.133. The molecular formula is C15H15N3O. The second-order valence-corrected chi connectivity index (χ2v) is 4.44. The molecule has 0 atom stereocenters. The average molecular weight is 253 g/mol. The highest BCUT2D eigenvalue weighted by Gasteiger charge is 2.09. The van der Waals surface area contributed by atoms with Crippen molar-refractivity contribution in [1.29, 1.82) is 0 Å². The molecule has 0 aliphatic carbocycles. The van der Waals surface area contributed by atoms with Crippen LogP contribution in [0.1, 0.15) is 5.69 Å². The molecule has 0 amide bonds. The van der Waals surface area contributed by atoms with E-state index in [4.69, 9.17) is 10.5 Å². The number of ether oxygens (including phenoxy) is 1. The lowest BCUT2D eigenvalue weighted by molar-refractivity contribution is 0.417. The molecule has 0 aliphatic heterocycles. The first-order valence-corrected chi connectivity index (χ1v) is 6.09. The van der Waals surface area contributed by atoms with Crippen LogP contribution in [0.4, 0.5) is 5.69 Å². The van der Waals surface area contributed by atoms with E-state index in [9.17, 15) is 0 Å². The summed E-state index contributed by atoms with van der Waals surface area (Å²) >= 11 is 0. The summed E-state index contributed by atoms with van der Waals surface area (Å²) in [6.45, 7) is 2.01. The van der Waals surface area contributed by atoms with Crippen molar-refractivity contribution in [3.63, 3.8) is 0 Å². The minimum absolute atomic E-state index is 0.609. The molecule has 2 aromatic carbocycles. The number of benzene rings is 2. The van der Waals surface area contributed by atoms with Gasteiger partial charge >= 0.3 is 0 Å². The summed E-state index contributed by atoms with van der Waals surface area (Å²) in [5, 5.41) is 5.73. The minimum Gasteiger partial charge on any atom is -0.495 e. The molecule has 4 heteroatoms. The lowest BCUT2D eigenvalue weighted by atomic mass is 10.2. The van der Waals surface area contributed by atoms with Crippen molar-refractivity contribution in [3.05, 3.63) is 48.2 Å². The van der Waals surface area contributed by atoms with Gasteiger partial charge in [-0.15, -0.1) is 0 Å². The van der Waals surface area contributed by atoms with Crippen molar-refractivity contribution in [2.24, 2.45) is 0 Å². The van der Waals surface area contributed by atoms with E-state index >= 15 is 0 Å². The van der Waals surface area contributed by atoms with Crippen LogP contribution in [0.3, 0.4) is 0 Å². The highest BCUT2D eigenvalue weighted by atomic mass is 16.5. The molecular weight excluding hydrogens is 238 g/mol. The molecule has 0 unspecified atom stereocenters. The molecule has 19 heavy (non-hydrogen) atoms. The van der Waals surface area contributed by atoms with Gasteiger partial charge in [-0.1, -0.05) is 18.2 Å². The van der Waals surface area contributed by atoms with E-state index < -0.39 is 0 Å². The number of aryl methyl sites for hydroxylation is 1. The van der Waals surface area contributed by atoms with Gasteiger partial charge in [-0.05, 0) is 31.2 Å². The number of hydrogen-bond donors (Lipinski definition) is 1. The van der Waals surface area contributed by atoms with Gasteiger partial charge < -0.3 is 10.5 Å². The Morgan fingerprint density at radius 3 is 2.68 bits per heavy atom. The monoisotopic (exact) mass is 253 g/mol. The smallest absolute Gasteiger partial charge is 0.141 e. The summed E-state index contributed by atoms with van der Waals surface area (Å²) in [6, 6.07) is 13.8. The maximum Gasteiger partial charge on any atom is 0.141 e. The Labute approximate surface area is 111 Å². The first kappa shape index (κ1) is 11.6. The Morgan fingerprint density at radius 2 is 1.95 bits per heavy atom. The Balaban J connectivity index is 2.22. The maximum absolute atomic E-state index is 5.95. The number of rotatable bonds is 2. The number of para-hydroxylation sites is 1. The number of methoxy groups -OCH3 is 1. The number of nitrogen functional groups attached to an aromatic ring is 1. The summed E-state index contributed by atoms with van der Waals surface area (Å²) in [5.74, 6) is 0.678. The van der Waals surface area contributed by atoms with Crippen molar-refractivity contribution in [2.75, 3.05) is 12.8 Å². The zero-order valence-electron chi connectivity index (χ0n) is 10.9. The molecule has 0 fully saturated rings. The SMILES string of the molecule is COc1ccc(-n2nc(C)c3ccccc32)cc1N. The second kappa shape index (κ2) is 4.31. The molecule has 2 N–H and O–H groups in total. The third kappa shape index (κ3) is 1.81. The molecule has 0 spiro atoms. The number of hydrogen-bond acceptors (Lipinski definition) is 3. The van der Waals surface area contributed by atoms with Gasteiger partial charge in [0.2, 0.25) is 0 Å². The van der Waals surface area contributed by atoms with Crippen LogP contribution >= 0.6 is 0 Å². The Kier molecular flexibility index (Phi) is 2.63. The van der Waals surface area contributed by atoms with E-state index in [0.717, 1.165) is 22.3 Å². The third-order valence-corrected chi connectivity index (χ3v) is 3.23. The average Bonchev–Trinajstić information content (AvgIpc) is 2.77. The van der Waals surface area contributed by atoms with Crippen LogP contribution in [0.25, 0.3) is 16.6 Å². The molecule has 1 heterocycles. The first-order valence-electron chi connectivity index (χ1n) is 6.09. The number of fused-ring (bicyclic) bond motifs is 1. The van der Waals surface area contributed by atoms with Crippen molar-refractivity contribution >= 4 is 16.6 Å². The van der Waals surface area contributed by atoms with Crippen LogP contribution in [0.5, 0.6) is 5.75 Å². The third-order valence-electron chi connectivity index (χ3n) is 3.23. The van der Waals surface area contributed by atoms with Gasteiger partial charge in [0.1, 0.15) is 5.75 Å². The van der Waals surface area contributed by atoms with E-state index in [1.165, 1.54) is 0 Å². The second-order valence-electron chi connectivity index (χ2n) is 4.44. The van der Waals surface area contributed by atoms with Crippen molar-refractivity contribution in [2.45, 2.75) is 6.92 Å². The number of nitrogens with two attached hydrogens (primary N) is 1. The van der Waals surface area contributed by atoms with Gasteiger partial charge in [-0.25, -0.2) is 4.68 Å². The standard InChI is InChI=1S/C15H15N3O/c1-10-12-5-3-4-6-14(12)18(17-10)11-7-8-15(19-2)13(16)9-11/h3-9H,16H2,1-2H3. The van der Waals surface area contributed by atoms with Gasteiger partial charge in [0.15, 0.2) is 0 Å². The van der Waals surface area contributed by atoms with Crippen molar-refractivity contribution < 1.29 is 4.74 Å². The molecule has 1 aromatic heterocycles. The zero-order valence-corrected chi connectivity index (χ0v) is 10.9. The maximum atomic E-state index is 5.95. The van der Waals surface area contributed by atoms with E-state index in [1.54, 1.807) is 7.11 Å². The van der Waals surface area contributed by atoms with Crippen LogP contribution in [-0.2, 0) is 0 Å². The van der Waals surface area contributed by atoms with Gasteiger partial charge in [0.25, 0.3) is 0 Å². The number of nitrogens with zero attached hydrogens (tertiary/aromatic N) is 2. The summed E-state index contributed by atoms with van der Waals surface area (Å²) < 4.78 is 7.08. The molecule has 0 saturated heterocycles. The molecule has 3 rings (SSSR count). The largest absolute Gasteiger partial charge is 0.495 e. The summed E-state index contributed by atoms with van der Waals surface area (Å²) in [7, 11) is 1.61. The predicted octanol–water partition coefficient (Wildman–Crippen LogP) is 2.92. The highest BCUT2D eigenvalue weighted by molar-refractivity contribution is 5.83. The van der Waals surface area contributed by atoms with Crippen molar-refractivity contribution in [3.8, 4) is 11.4 Å². The van der Waals surface area contributed by atoms with E-state index in [2.05, 4.69) is 17.2 Å². The van der Waals surface area contributed by atoms with Crippen LogP contribution < -0.4 is 10.5 Å². The zero-order chi connectivity index (χ0) is 13.4. The quantitative estimate of drug-likeness (QED) is 0.714. The Bertz CT molecular complexity index is 746. The normalized spacial score (nSPS) is 10.8. The molecule has 4 nitrogen and oxygen atoms in total. The van der Waals surface area contributed by atoms with Crippen LogP contribution in [0.2, 0.25) is 0 Å². The molecule has 96 valence electrons. The van der Waals surface area contributed by atoms with Gasteiger partial charge in [0.05, 0.1) is 29.7 Å². The number of aromatic nitrogens is 2. The summed E-state index contributed by atoms with van der Waals surface area (Å²) in [5.41, 5.74) is 9.57. The van der Waals surface area contributed by atoms with Crippen LogP contribution in [0.15, 0.2) is 42.5 Å². The molecule has 3 aromatic rings. The van der Waals surface area contributed by atoms with E-state index in [-0.39, 0.29) is 0 Å². The fourth-order valence-corrected chi connectivity index (χ4v) is 2.27.